The number of nitrogens with one attached hydrogen (secondary N) is 2. The van der Waals surface area contributed by atoms with Gasteiger partial charge in [0.15, 0.2) is 0 Å². The number of carbonyl (C=O) groups is 1. The molecule has 1 amide bonds. The molecule has 128 valence electrons. The largest absolute Gasteiger partial charge is 0.497 e. The predicted octanol–water partition coefficient (Wildman–Crippen LogP) is 4.46. The molecule has 4 nitrogen and oxygen atoms in total. The molecule has 1 fully saturated rings. The van der Waals surface area contributed by atoms with Crippen LogP contribution in [-0.4, -0.2) is 18.0 Å². The lowest BCUT2D eigenvalue weighted by atomic mass is 9.94. The predicted molar refractivity (Wildman–Crippen MR) is 100 cm³/mol. The molecule has 0 unspecified atom stereocenters. The van der Waals surface area contributed by atoms with Gasteiger partial charge in [0.2, 0.25) is 5.91 Å². The first-order chi connectivity index (χ1) is 12.0. The highest BCUT2D eigenvalue weighted by atomic mass is 16.5. The Bertz CT molecular complexity index is 947. The summed E-state index contributed by atoms with van der Waals surface area (Å²) < 4.78 is 5.35. The van der Waals surface area contributed by atoms with Gasteiger partial charge in [-0.2, -0.15) is 0 Å². The molecular formula is C21H22N2O2. The maximum Gasteiger partial charge on any atom is 0.235 e. The summed E-state index contributed by atoms with van der Waals surface area (Å²) >= 11 is 0. The van der Waals surface area contributed by atoms with Gasteiger partial charge in [-0.3, -0.25) is 4.79 Å². The summed E-state index contributed by atoms with van der Waals surface area (Å²) in [6.45, 7) is 4.05. The van der Waals surface area contributed by atoms with Crippen LogP contribution in [0.2, 0.25) is 0 Å². The van der Waals surface area contributed by atoms with E-state index in [0.717, 1.165) is 51.9 Å². The van der Waals surface area contributed by atoms with Gasteiger partial charge in [-0.25, -0.2) is 0 Å². The van der Waals surface area contributed by atoms with Crippen molar-refractivity contribution in [3.8, 4) is 5.75 Å². The Labute approximate surface area is 147 Å². The molecule has 3 aromatic rings. The normalized spacial score (nSPS) is 15.2. The molecule has 0 radical (unpaired) electrons. The fraction of sp³-hybridized carbons (Fsp3) is 0.286. The van der Waals surface area contributed by atoms with E-state index in [1.807, 2.05) is 56.4 Å². The highest BCUT2D eigenvalue weighted by molar-refractivity contribution is 6.05. The van der Waals surface area contributed by atoms with Gasteiger partial charge >= 0.3 is 0 Å². The molecule has 0 bridgehead atoms. The molecule has 4 rings (SSSR count). The van der Waals surface area contributed by atoms with Gasteiger partial charge in [0.05, 0.1) is 12.5 Å². The molecule has 0 aliphatic heterocycles. The fourth-order valence-electron chi connectivity index (χ4n) is 3.61. The second kappa shape index (κ2) is 5.66. The number of fused-ring (bicyclic) bond motifs is 1. The zero-order chi connectivity index (χ0) is 17.6. The number of aromatic amines is 1. The van der Waals surface area contributed by atoms with E-state index in [1.54, 1.807) is 7.11 Å². The van der Waals surface area contributed by atoms with Crippen LogP contribution in [0.5, 0.6) is 5.75 Å². The van der Waals surface area contributed by atoms with Crippen molar-refractivity contribution in [1.29, 1.82) is 0 Å². The number of anilines is 1. The van der Waals surface area contributed by atoms with Gasteiger partial charge in [0.1, 0.15) is 5.75 Å². The number of methoxy groups -OCH3 is 1. The Morgan fingerprint density at radius 1 is 1.16 bits per heavy atom. The third-order valence-electron chi connectivity index (χ3n) is 5.31. The van der Waals surface area contributed by atoms with E-state index in [0.29, 0.717) is 0 Å². The number of H-pyrrole nitrogens is 1. The van der Waals surface area contributed by atoms with Crippen molar-refractivity contribution in [3.05, 3.63) is 59.3 Å². The van der Waals surface area contributed by atoms with Gasteiger partial charge in [-0.1, -0.05) is 18.2 Å². The third-order valence-corrected chi connectivity index (χ3v) is 5.31. The van der Waals surface area contributed by atoms with Crippen molar-refractivity contribution in [2.45, 2.75) is 32.1 Å². The van der Waals surface area contributed by atoms with Crippen LogP contribution >= 0.6 is 0 Å². The van der Waals surface area contributed by atoms with E-state index in [2.05, 4.69) is 10.3 Å². The molecule has 0 atom stereocenters. The first kappa shape index (κ1) is 15.8. The van der Waals surface area contributed by atoms with E-state index < -0.39 is 5.41 Å². The molecular weight excluding hydrogens is 312 g/mol. The standard InChI is InChI=1S/C21H22N2O2/c1-13-5-4-6-14(2)19(13)23-20(24)21(9-10-21)17-12-22-18-8-7-15(25-3)11-16(17)18/h4-8,11-12,22H,9-10H2,1-3H3,(H,23,24). The lowest BCUT2D eigenvalue weighted by molar-refractivity contribution is -0.118. The first-order valence-corrected chi connectivity index (χ1v) is 8.58. The second-order valence-corrected chi connectivity index (χ2v) is 6.92. The van der Waals surface area contributed by atoms with Crippen molar-refractivity contribution in [3.63, 3.8) is 0 Å². The van der Waals surface area contributed by atoms with Crippen molar-refractivity contribution in [2.24, 2.45) is 0 Å². The maximum absolute atomic E-state index is 13.1. The lowest BCUT2D eigenvalue weighted by Crippen LogP contribution is -2.28. The third kappa shape index (κ3) is 2.49. The van der Waals surface area contributed by atoms with Crippen LogP contribution in [0.4, 0.5) is 5.69 Å². The average Bonchev–Trinajstić information content (AvgIpc) is 3.31. The summed E-state index contributed by atoms with van der Waals surface area (Å²) in [6.07, 6.45) is 3.71. The Morgan fingerprint density at radius 3 is 2.52 bits per heavy atom. The topological polar surface area (TPSA) is 54.1 Å². The van der Waals surface area contributed by atoms with Crippen LogP contribution in [-0.2, 0) is 10.2 Å². The number of rotatable bonds is 4. The van der Waals surface area contributed by atoms with Gasteiger partial charge in [0.25, 0.3) is 0 Å². The lowest BCUT2D eigenvalue weighted by Gasteiger charge is -2.18. The highest BCUT2D eigenvalue weighted by Crippen LogP contribution is 2.51. The highest BCUT2D eigenvalue weighted by Gasteiger charge is 2.52. The van der Waals surface area contributed by atoms with Crippen molar-refractivity contribution in [1.82, 2.24) is 4.98 Å². The van der Waals surface area contributed by atoms with E-state index in [1.165, 1.54) is 0 Å². The quantitative estimate of drug-likeness (QED) is 0.740. The number of carbonyl (C=O) groups excluding carboxylic acids is 1. The maximum atomic E-state index is 13.1. The summed E-state index contributed by atoms with van der Waals surface area (Å²) in [5.41, 5.74) is 4.75. The van der Waals surface area contributed by atoms with E-state index in [-0.39, 0.29) is 5.91 Å². The average molecular weight is 334 g/mol. The Hall–Kier alpha value is -2.75. The van der Waals surface area contributed by atoms with Gasteiger partial charge in [-0.15, -0.1) is 0 Å². The molecule has 0 saturated heterocycles. The van der Waals surface area contributed by atoms with Crippen LogP contribution in [0.1, 0.15) is 29.5 Å². The Kier molecular flexibility index (Phi) is 3.57. The van der Waals surface area contributed by atoms with Gasteiger partial charge in [-0.05, 0) is 61.6 Å². The first-order valence-electron chi connectivity index (χ1n) is 8.58. The minimum Gasteiger partial charge on any atom is -0.497 e. The van der Waals surface area contributed by atoms with Crippen molar-refractivity contribution in [2.75, 3.05) is 12.4 Å². The summed E-state index contributed by atoms with van der Waals surface area (Å²) in [5.74, 6) is 0.882. The van der Waals surface area contributed by atoms with Crippen LogP contribution in [0, 0.1) is 13.8 Å². The van der Waals surface area contributed by atoms with Crippen LogP contribution < -0.4 is 10.1 Å². The Morgan fingerprint density at radius 2 is 1.88 bits per heavy atom. The molecule has 25 heavy (non-hydrogen) atoms. The van der Waals surface area contributed by atoms with Crippen LogP contribution in [0.15, 0.2) is 42.6 Å². The number of hydrogen-bond acceptors (Lipinski definition) is 2. The van der Waals surface area contributed by atoms with Gasteiger partial charge < -0.3 is 15.0 Å². The molecule has 2 aromatic carbocycles. The number of amides is 1. The second-order valence-electron chi connectivity index (χ2n) is 6.92. The number of aryl methyl sites for hydroxylation is 2. The molecule has 1 saturated carbocycles. The fourth-order valence-corrected chi connectivity index (χ4v) is 3.61. The number of benzene rings is 2. The molecule has 1 heterocycles. The molecule has 1 aliphatic rings. The summed E-state index contributed by atoms with van der Waals surface area (Å²) in [6, 6.07) is 12.0. The van der Waals surface area contributed by atoms with Crippen molar-refractivity contribution < 1.29 is 9.53 Å². The monoisotopic (exact) mass is 334 g/mol. The number of aromatic nitrogens is 1. The van der Waals surface area contributed by atoms with Crippen LogP contribution in [0.3, 0.4) is 0 Å². The van der Waals surface area contributed by atoms with Crippen LogP contribution in [0.25, 0.3) is 10.9 Å². The molecule has 1 aromatic heterocycles. The molecule has 2 N–H and O–H groups in total. The minimum absolute atomic E-state index is 0.0774. The van der Waals surface area contributed by atoms with Gasteiger partial charge in [0, 0.05) is 22.8 Å². The zero-order valence-corrected chi connectivity index (χ0v) is 14.8. The van der Waals surface area contributed by atoms with E-state index >= 15 is 0 Å². The Balaban J connectivity index is 1.72. The summed E-state index contributed by atoms with van der Waals surface area (Å²) in [7, 11) is 1.66. The summed E-state index contributed by atoms with van der Waals surface area (Å²) in [5, 5.41) is 4.24. The SMILES string of the molecule is COc1ccc2[nH]cc(C3(C(=O)Nc4c(C)cccc4C)CC3)c2c1. The summed E-state index contributed by atoms with van der Waals surface area (Å²) in [4.78, 5) is 16.4. The molecule has 0 spiro atoms. The zero-order valence-electron chi connectivity index (χ0n) is 14.8. The van der Waals surface area contributed by atoms with Crippen molar-refractivity contribution >= 4 is 22.5 Å². The molecule has 1 aliphatic carbocycles. The number of hydrogen-bond donors (Lipinski definition) is 2. The molecule has 4 heteroatoms. The van der Waals surface area contributed by atoms with E-state index in [4.69, 9.17) is 4.74 Å². The van der Waals surface area contributed by atoms with E-state index in [9.17, 15) is 4.79 Å². The number of ether oxygens (including phenoxy) is 1. The minimum atomic E-state index is -0.445. The number of para-hydroxylation sites is 1. The smallest absolute Gasteiger partial charge is 0.235 e.